The molecule has 3 rings (SSSR count). The third-order valence-corrected chi connectivity index (χ3v) is 3.69. The van der Waals surface area contributed by atoms with Gasteiger partial charge in [-0.05, 0) is 37.3 Å². The van der Waals surface area contributed by atoms with Crippen LogP contribution in [0.5, 0.6) is 5.75 Å². The van der Waals surface area contributed by atoms with Crippen LogP contribution >= 0.6 is 11.6 Å². The van der Waals surface area contributed by atoms with Crippen LogP contribution in [0.2, 0.25) is 5.02 Å². The number of aryl methyl sites for hydroxylation is 1. The molecule has 25 heavy (non-hydrogen) atoms. The SMILES string of the molecule is COc1ccc(Nc2cc(Nc3ccccc3F)nc(C)n2)cc1Cl. The third-order valence-electron chi connectivity index (χ3n) is 3.40. The monoisotopic (exact) mass is 358 g/mol. The summed E-state index contributed by atoms with van der Waals surface area (Å²) in [6.07, 6.45) is 0. The molecular formula is C18H16ClFN4O. The van der Waals surface area contributed by atoms with Crippen molar-refractivity contribution in [2.24, 2.45) is 0 Å². The molecule has 2 aromatic carbocycles. The lowest BCUT2D eigenvalue weighted by atomic mass is 10.3. The maximum absolute atomic E-state index is 13.8. The van der Waals surface area contributed by atoms with E-state index in [-0.39, 0.29) is 5.82 Å². The maximum Gasteiger partial charge on any atom is 0.146 e. The van der Waals surface area contributed by atoms with Crippen LogP contribution in [-0.4, -0.2) is 17.1 Å². The van der Waals surface area contributed by atoms with Crippen LogP contribution in [0.25, 0.3) is 0 Å². The first-order valence-corrected chi connectivity index (χ1v) is 7.91. The largest absolute Gasteiger partial charge is 0.495 e. The quantitative estimate of drug-likeness (QED) is 0.666. The molecule has 0 unspecified atom stereocenters. The summed E-state index contributed by atoms with van der Waals surface area (Å²) in [5.74, 6) is 1.83. The van der Waals surface area contributed by atoms with Crippen LogP contribution in [0.1, 0.15) is 5.82 Å². The zero-order valence-electron chi connectivity index (χ0n) is 13.7. The molecule has 0 spiro atoms. The van der Waals surface area contributed by atoms with E-state index >= 15 is 0 Å². The number of hydrogen-bond donors (Lipinski definition) is 2. The topological polar surface area (TPSA) is 59.1 Å². The molecule has 5 nitrogen and oxygen atoms in total. The first kappa shape index (κ1) is 17.0. The van der Waals surface area contributed by atoms with Gasteiger partial charge in [-0.25, -0.2) is 14.4 Å². The number of ether oxygens (including phenoxy) is 1. The Kier molecular flexibility index (Phi) is 5.00. The van der Waals surface area contributed by atoms with E-state index in [4.69, 9.17) is 16.3 Å². The van der Waals surface area contributed by atoms with Crippen molar-refractivity contribution in [2.45, 2.75) is 6.92 Å². The molecule has 0 bridgehead atoms. The number of rotatable bonds is 5. The zero-order valence-corrected chi connectivity index (χ0v) is 14.4. The molecule has 1 aromatic heterocycles. The normalized spacial score (nSPS) is 10.4. The van der Waals surface area contributed by atoms with Gasteiger partial charge >= 0.3 is 0 Å². The van der Waals surface area contributed by atoms with E-state index in [1.807, 2.05) is 6.07 Å². The van der Waals surface area contributed by atoms with E-state index in [1.165, 1.54) is 6.07 Å². The number of benzene rings is 2. The van der Waals surface area contributed by atoms with E-state index in [0.29, 0.717) is 33.9 Å². The molecule has 0 saturated carbocycles. The minimum absolute atomic E-state index is 0.346. The minimum atomic E-state index is -0.352. The lowest BCUT2D eigenvalue weighted by molar-refractivity contribution is 0.415. The zero-order chi connectivity index (χ0) is 17.8. The number of nitrogens with one attached hydrogen (secondary N) is 2. The first-order valence-electron chi connectivity index (χ1n) is 7.53. The molecule has 0 saturated heterocycles. The van der Waals surface area contributed by atoms with Gasteiger partial charge in [0.15, 0.2) is 0 Å². The van der Waals surface area contributed by atoms with Crippen molar-refractivity contribution in [1.82, 2.24) is 9.97 Å². The molecular weight excluding hydrogens is 343 g/mol. The molecule has 2 N–H and O–H groups in total. The summed E-state index contributed by atoms with van der Waals surface area (Å²) in [6.45, 7) is 1.76. The number of anilines is 4. The Morgan fingerprint density at radius 2 is 1.72 bits per heavy atom. The van der Waals surface area contributed by atoms with E-state index in [2.05, 4.69) is 20.6 Å². The molecule has 7 heteroatoms. The fraction of sp³-hybridized carbons (Fsp3) is 0.111. The standard InChI is InChI=1S/C18H16ClFN4O/c1-11-21-17(23-12-7-8-16(25-2)13(19)9-12)10-18(22-11)24-15-6-4-3-5-14(15)20/h3-10H,1-2H3,(H2,21,22,23,24). The maximum atomic E-state index is 13.8. The average Bonchev–Trinajstić information content (AvgIpc) is 2.57. The predicted octanol–water partition coefficient (Wildman–Crippen LogP) is 5.07. The average molecular weight is 359 g/mol. The fourth-order valence-electron chi connectivity index (χ4n) is 2.29. The highest BCUT2D eigenvalue weighted by atomic mass is 35.5. The van der Waals surface area contributed by atoms with E-state index in [0.717, 1.165) is 5.69 Å². The van der Waals surface area contributed by atoms with Gasteiger partial charge in [-0.3, -0.25) is 0 Å². The van der Waals surface area contributed by atoms with Gasteiger partial charge in [-0.15, -0.1) is 0 Å². The Bertz CT molecular complexity index is 904. The Balaban J connectivity index is 1.84. The number of para-hydroxylation sites is 1. The molecule has 128 valence electrons. The highest BCUT2D eigenvalue weighted by Gasteiger charge is 2.07. The van der Waals surface area contributed by atoms with Gasteiger partial charge in [0.2, 0.25) is 0 Å². The second-order valence-electron chi connectivity index (χ2n) is 5.26. The Labute approximate surface area is 149 Å². The number of methoxy groups -OCH3 is 1. The van der Waals surface area contributed by atoms with Crippen molar-refractivity contribution in [3.63, 3.8) is 0 Å². The molecule has 3 aromatic rings. The predicted molar refractivity (Wildman–Crippen MR) is 97.7 cm³/mol. The van der Waals surface area contributed by atoms with Gasteiger partial charge in [0, 0.05) is 11.8 Å². The molecule has 0 atom stereocenters. The summed E-state index contributed by atoms with van der Waals surface area (Å²) in [5.41, 5.74) is 1.10. The van der Waals surface area contributed by atoms with Crippen LogP contribution in [0, 0.1) is 12.7 Å². The summed E-state index contributed by atoms with van der Waals surface area (Å²) >= 11 is 6.13. The number of aromatic nitrogens is 2. The summed E-state index contributed by atoms with van der Waals surface area (Å²) in [7, 11) is 1.56. The third kappa shape index (κ3) is 4.16. The van der Waals surface area contributed by atoms with Crippen molar-refractivity contribution in [2.75, 3.05) is 17.7 Å². The van der Waals surface area contributed by atoms with Gasteiger partial charge in [0.25, 0.3) is 0 Å². The molecule has 0 fully saturated rings. The molecule has 0 aliphatic rings. The first-order chi connectivity index (χ1) is 12.0. The molecule has 0 amide bonds. The highest BCUT2D eigenvalue weighted by Crippen LogP contribution is 2.29. The highest BCUT2D eigenvalue weighted by molar-refractivity contribution is 6.32. The Hall–Kier alpha value is -2.86. The van der Waals surface area contributed by atoms with Crippen LogP contribution in [-0.2, 0) is 0 Å². The van der Waals surface area contributed by atoms with Gasteiger partial charge in [-0.2, -0.15) is 0 Å². The lowest BCUT2D eigenvalue weighted by Crippen LogP contribution is -2.02. The van der Waals surface area contributed by atoms with E-state index < -0.39 is 0 Å². The second-order valence-corrected chi connectivity index (χ2v) is 5.67. The molecule has 1 heterocycles. The Morgan fingerprint density at radius 3 is 2.40 bits per heavy atom. The summed E-state index contributed by atoms with van der Waals surface area (Å²) < 4.78 is 18.9. The van der Waals surface area contributed by atoms with Crippen molar-refractivity contribution in [3.8, 4) is 5.75 Å². The van der Waals surface area contributed by atoms with Crippen LogP contribution in [0.4, 0.5) is 27.4 Å². The molecule has 0 radical (unpaired) electrons. The molecule has 0 aliphatic carbocycles. The van der Waals surface area contributed by atoms with Crippen LogP contribution in [0.3, 0.4) is 0 Å². The van der Waals surface area contributed by atoms with E-state index in [9.17, 15) is 4.39 Å². The van der Waals surface area contributed by atoms with Gasteiger partial charge < -0.3 is 15.4 Å². The summed E-state index contributed by atoms with van der Waals surface area (Å²) in [6, 6.07) is 13.4. The molecule has 0 aliphatic heterocycles. The number of halogens is 2. The number of nitrogens with zero attached hydrogens (tertiary/aromatic N) is 2. The van der Waals surface area contributed by atoms with Crippen molar-refractivity contribution in [3.05, 3.63) is 65.2 Å². The smallest absolute Gasteiger partial charge is 0.146 e. The van der Waals surface area contributed by atoms with E-state index in [1.54, 1.807) is 50.4 Å². The van der Waals surface area contributed by atoms with Crippen molar-refractivity contribution in [1.29, 1.82) is 0 Å². The van der Waals surface area contributed by atoms with Crippen molar-refractivity contribution >= 4 is 34.6 Å². The van der Waals surface area contributed by atoms with Crippen LogP contribution in [0.15, 0.2) is 48.5 Å². The van der Waals surface area contributed by atoms with Gasteiger partial charge in [-0.1, -0.05) is 23.7 Å². The minimum Gasteiger partial charge on any atom is -0.495 e. The number of hydrogen-bond acceptors (Lipinski definition) is 5. The Morgan fingerprint density at radius 1 is 1.00 bits per heavy atom. The summed E-state index contributed by atoms with van der Waals surface area (Å²) in [4.78, 5) is 8.62. The summed E-state index contributed by atoms with van der Waals surface area (Å²) in [5, 5.41) is 6.60. The van der Waals surface area contributed by atoms with Gasteiger partial charge in [0.1, 0.15) is 29.0 Å². The van der Waals surface area contributed by atoms with Gasteiger partial charge in [0.05, 0.1) is 17.8 Å². The van der Waals surface area contributed by atoms with Crippen LogP contribution < -0.4 is 15.4 Å². The second kappa shape index (κ2) is 7.36. The fourth-order valence-corrected chi connectivity index (χ4v) is 2.55. The lowest BCUT2D eigenvalue weighted by Gasteiger charge is -2.11. The van der Waals surface area contributed by atoms with Crippen molar-refractivity contribution < 1.29 is 9.13 Å².